The maximum Gasteiger partial charge on any atom is 0.410 e. The van der Waals surface area contributed by atoms with E-state index in [9.17, 15) is 9.18 Å². The molecule has 1 aromatic heterocycles. The number of unbranched alkanes of at least 4 members (excludes halogenated alkanes) is 1. The Hall–Kier alpha value is -1.40. The Morgan fingerprint density at radius 2 is 2.08 bits per heavy atom. The number of alkyl halides is 1. The number of hydrogen-bond donors (Lipinski definition) is 1. The van der Waals surface area contributed by atoms with E-state index in [1.165, 1.54) is 4.90 Å². The number of halogens is 2. The van der Waals surface area contributed by atoms with E-state index < -0.39 is 18.4 Å². The highest BCUT2D eigenvalue weighted by Gasteiger charge is 2.21. The molecule has 1 heterocycles. The number of hydrogen-bond acceptors (Lipinski definition) is 4. The molecule has 0 atom stereocenters. The van der Waals surface area contributed by atoms with E-state index in [0.717, 1.165) is 30.6 Å². The molecule has 0 aliphatic heterocycles. The number of rotatable bonds is 9. The van der Waals surface area contributed by atoms with E-state index in [1.807, 2.05) is 13.0 Å². The van der Waals surface area contributed by atoms with Crippen LogP contribution in [0.25, 0.3) is 0 Å². The van der Waals surface area contributed by atoms with Crippen molar-refractivity contribution in [2.75, 3.05) is 26.3 Å². The lowest BCUT2D eigenvalue weighted by molar-refractivity contribution is 0.0236. The van der Waals surface area contributed by atoms with Crippen LogP contribution < -0.4 is 5.32 Å². The Bertz CT molecular complexity index is 550. The zero-order valence-corrected chi connectivity index (χ0v) is 16.3. The highest BCUT2D eigenvalue weighted by Crippen LogP contribution is 2.12. The highest BCUT2D eigenvalue weighted by molar-refractivity contribution is 6.30. The summed E-state index contributed by atoms with van der Waals surface area (Å²) in [7, 11) is 0. The molecule has 0 saturated carbocycles. The zero-order valence-electron chi connectivity index (χ0n) is 15.6. The summed E-state index contributed by atoms with van der Waals surface area (Å²) in [5.74, 6) is 0. The first kappa shape index (κ1) is 21.6. The van der Waals surface area contributed by atoms with Crippen LogP contribution in [0, 0.1) is 6.92 Å². The third-order valence-electron chi connectivity index (χ3n) is 3.48. The van der Waals surface area contributed by atoms with Gasteiger partial charge in [-0.1, -0.05) is 11.6 Å². The average Bonchev–Trinajstić information content (AvgIpc) is 2.49. The van der Waals surface area contributed by atoms with E-state index in [-0.39, 0.29) is 6.54 Å². The normalized spacial score (nSPS) is 11.4. The molecule has 0 radical (unpaired) electrons. The fourth-order valence-electron chi connectivity index (χ4n) is 2.24. The van der Waals surface area contributed by atoms with Gasteiger partial charge in [0.25, 0.3) is 0 Å². The Morgan fingerprint density at radius 3 is 2.68 bits per heavy atom. The molecule has 0 bridgehead atoms. The second-order valence-electron chi connectivity index (χ2n) is 6.96. The predicted octanol–water partition coefficient (Wildman–Crippen LogP) is 4.12. The summed E-state index contributed by atoms with van der Waals surface area (Å²) in [5.41, 5.74) is 1.45. The van der Waals surface area contributed by atoms with Gasteiger partial charge in [0.1, 0.15) is 12.3 Å². The van der Waals surface area contributed by atoms with Gasteiger partial charge >= 0.3 is 6.09 Å². The number of carbonyl (C=O) groups excluding carboxylic acids is 1. The largest absolute Gasteiger partial charge is 0.444 e. The van der Waals surface area contributed by atoms with Gasteiger partial charge in [0.2, 0.25) is 0 Å². The second-order valence-corrected chi connectivity index (χ2v) is 7.39. The van der Waals surface area contributed by atoms with Gasteiger partial charge in [-0.15, -0.1) is 0 Å². The fourth-order valence-corrected chi connectivity index (χ4v) is 2.45. The first-order valence-corrected chi connectivity index (χ1v) is 8.96. The second kappa shape index (κ2) is 10.6. The molecule has 1 N–H and O–H groups in total. The minimum absolute atomic E-state index is 0.0657. The molecule has 142 valence electrons. The van der Waals surface area contributed by atoms with E-state index in [2.05, 4.69) is 10.3 Å². The van der Waals surface area contributed by atoms with Crippen molar-refractivity contribution in [1.29, 1.82) is 0 Å². The summed E-state index contributed by atoms with van der Waals surface area (Å²) in [5, 5.41) is 3.96. The van der Waals surface area contributed by atoms with Crippen LogP contribution in [-0.4, -0.2) is 47.9 Å². The number of aromatic nitrogens is 1. The third kappa shape index (κ3) is 9.02. The van der Waals surface area contributed by atoms with Crippen molar-refractivity contribution in [2.24, 2.45) is 0 Å². The van der Waals surface area contributed by atoms with Crippen LogP contribution in [0.4, 0.5) is 9.18 Å². The van der Waals surface area contributed by atoms with Crippen LogP contribution >= 0.6 is 11.6 Å². The van der Waals surface area contributed by atoms with Gasteiger partial charge in [-0.2, -0.15) is 0 Å². The molecular formula is C18H29ClFN3O2. The number of ether oxygens (including phenoxy) is 1. The number of pyridine rings is 1. The molecule has 0 aliphatic rings. The van der Waals surface area contributed by atoms with Gasteiger partial charge in [0.15, 0.2) is 0 Å². The van der Waals surface area contributed by atoms with Crippen molar-refractivity contribution in [2.45, 2.75) is 52.7 Å². The Labute approximate surface area is 154 Å². The molecule has 5 nitrogen and oxygen atoms in total. The zero-order chi connectivity index (χ0) is 18.9. The summed E-state index contributed by atoms with van der Waals surface area (Å²) in [6.07, 6.45) is 2.83. The molecule has 25 heavy (non-hydrogen) atoms. The summed E-state index contributed by atoms with van der Waals surface area (Å²) < 4.78 is 17.9. The molecule has 0 fully saturated rings. The monoisotopic (exact) mass is 373 g/mol. The molecule has 1 aromatic rings. The van der Waals surface area contributed by atoms with Gasteiger partial charge in [0.05, 0.1) is 17.3 Å². The van der Waals surface area contributed by atoms with Crippen LogP contribution in [0.5, 0.6) is 0 Å². The van der Waals surface area contributed by atoms with Crippen LogP contribution in [-0.2, 0) is 11.3 Å². The van der Waals surface area contributed by atoms with Crippen LogP contribution in [0.1, 0.15) is 44.9 Å². The SMILES string of the molecule is Cc1cc(Cl)cnc1CNCCCCN(CCF)C(=O)OC(C)(C)C. The summed E-state index contributed by atoms with van der Waals surface area (Å²) in [6, 6.07) is 1.89. The smallest absolute Gasteiger partial charge is 0.410 e. The lowest BCUT2D eigenvalue weighted by Crippen LogP contribution is -2.38. The van der Waals surface area contributed by atoms with Gasteiger partial charge < -0.3 is 15.0 Å². The molecular weight excluding hydrogens is 345 g/mol. The number of nitrogens with zero attached hydrogens (tertiary/aromatic N) is 2. The van der Waals surface area contributed by atoms with Crippen molar-refractivity contribution in [1.82, 2.24) is 15.2 Å². The number of amides is 1. The van der Waals surface area contributed by atoms with Crippen molar-refractivity contribution in [3.63, 3.8) is 0 Å². The highest BCUT2D eigenvalue weighted by atomic mass is 35.5. The number of nitrogens with one attached hydrogen (secondary N) is 1. The maximum atomic E-state index is 12.6. The average molecular weight is 374 g/mol. The molecule has 0 aromatic carbocycles. The molecule has 1 amide bonds. The van der Waals surface area contributed by atoms with Crippen LogP contribution in [0.3, 0.4) is 0 Å². The minimum atomic E-state index is -0.573. The summed E-state index contributed by atoms with van der Waals surface area (Å²) >= 11 is 5.89. The van der Waals surface area contributed by atoms with Gasteiger partial charge in [-0.3, -0.25) is 4.98 Å². The van der Waals surface area contributed by atoms with E-state index in [4.69, 9.17) is 16.3 Å². The van der Waals surface area contributed by atoms with E-state index in [0.29, 0.717) is 18.1 Å². The minimum Gasteiger partial charge on any atom is -0.444 e. The number of carbonyl (C=O) groups is 1. The van der Waals surface area contributed by atoms with Crippen LogP contribution in [0.15, 0.2) is 12.3 Å². The van der Waals surface area contributed by atoms with Crippen molar-refractivity contribution < 1.29 is 13.9 Å². The molecule has 1 rings (SSSR count). The van der Waals surface area contributed by atoms with Crippen molar-refractivity contribution >= 4 is 17.7 Å². The van der Waals surface area contributed by atoms with Gasteiger partial charge in [-0.25, -0.2) is 9.18 Å². The molecule has 0 aliphatic carbocycles. The molecule has 0 spiro atoms. The Balaban J connectivity index is 2.28. The lowest BCUT2D eigenvalue weighted by atomic mass is 10.2. The maximum absolute atomic E-state index is 12.6. The molecule has 0 unspecified atom stereocenters. The third-order valence-corrected chi connectivity index (χ3v) is 3.69. The summed E-state index contributed by atoms with van der Waals surface area (Å²) in [4.78, 5) is 17.7. The predicted molar refractivity (Wildman–Crippen MR) is 98.7 cm³/mol. The van der Waals surface area contributed by atoms with Crippen molar-refractivity contribution in [3.8, 4) is 0 Å². The molecule has 0 saturated heterocycles. The Kier molecular flexibility index (Phi) is 9.14. The first-order chi connectivity index (χ1) is 11.7. The standard InChI is InChI=1S/C18H29ClFN3O2/c1-14-11-15(19)12-22-16(14)13-21-8-5-6-9-23(10-7-20)17(24)25-18(2,3)4/h11-12,21H,5-10,13H2,1-4H3. The number of aryl methyl sites for hydroxylation is 1. The van der Waals surface area contributed by atoms with Gasteiger partial charge in [-0.05, 0) is 58.7 Å². The van der Waals surface area contributed by atoms with Crippen LogP contribution in [0.2, 0.25) is 5.02 Å². The molecule has 7 heteroatoms. The fraction of sp³-hybridized carbons (Fsp3) is 0.667. The van der Waals surface area contributed by atoms with Gasteiger partial charge in [0, 0.05) is 19.3 Å². The first-order valence-electron chi connectivity index (χ1n) is 8.58. The quantitative estimate of drug-likeness (QED) is 0.661. The van der Waals surface area contributed by atoms with E-state index >= 15 is 0 Å². The van der Waals surface area contributed by atoms with Crippen molar-refractivity contribution in [3.05, 3.63) is 28.5 Å². The Morgan fingerprint density at radius 1 is 1.36 bits per heavy atom. The topological polar surface area (TPSA) is 54.5 Å². The summed E-state index contributed by atoms with van der Waals surface area (Å²) in [6.45, 7) is 8.82. The lowest BCUT2D eigenvalue weighted by Gasteiger charge is -2.26. The van der Waals surface area contributed by atoms with E-state index in [1.54, 1.807) is 27.0 Å².